The highest BCUT2D eigenvalue weighted by Crippen LogP contribution is 2.08. The van der Waals surface area contributed by atoms with E-state index >= 15 is 0 Å². The molecule has 0 saturated heterocycles. The Morgan fingerprint density at radius 1 is 1.26 bits per heavy atom. The summed E-state index contributed by atoms with van der Waals surface area (Å²) in [5.74, 6) is -0.499. The standard InChI is InChI=1S/C15H19O3Si/c1-5-12-17-18-15(16)13-8-10-14(11-9-13)19(4,6-2)7-3/h6-11H,1-3,5,12H2,4H3. The van der Waals surface area contributed by atoms with Gasteiger partial charge in [0, 0.05) is 0 Å². The van der Waals surface area contributed by atoms with E-state index in [2.05, 4.69) is 31.5 Å². The van der Waals surface area contributed by atoms with Crippen LogP contribution in [-0.2, 0) is 9.78 Å². The molecule has 0 aliphatic rings. The summed E-state index contributed by atoms with van der Waals surface area (Å²) < 4.78 is 0. The molecule has 0 unspecified atom stereocenters. The predicted molar refractivity (Wildman–Crippen MR) is 79.4 cm³/mol. The molecule has 19 heavy (non-hydrogen) atoms. The van der Waals surface area contributed by atoms with Gasteiger partial charge in [-0.05, 0) is 18.6 Å². The van der Waals surface area contributed by atoms with Crippen molar-refractivity contribution in [3.63, 3.8) is 0 Å². The quantitative estimate of drug-likeness (QED) is 0.332. The second-order valence-electron chi connectivity index (χ2n) is 4.31. The average Bonchev–Trinajstić information content (AvgIpc) is 2.46. The molecule has 0 aromatic heterocycles. The molecule has 0 spiro atoms. The maximum absolute atomic E-state index is 11.6. The van der Waals surface area contributed by atoms with Crippen LogP contribution in [0.2, 0.25) is 6.55 Å². The van der Waals surface area contributed by atoms with Crippen LogP contribution in [0.5, 0.6) is 0 Å². The van der Waals surface area contributed by atoms with Crippen molar-refractivity contribution in [3.8, 4) is 0 Å². The molecule has 0 aliphatic carbocycles. The van der Waals surface area contributed by atoms with Crippen LogP contribution in [0.1, 0.15) is 16.8 Å². The van der Waals surface area contributed by atoms with Crippen LogP contribution >= 0.6 is 0 Å². The maximum Gasteiger partial charge on any atom is 0.373 e. The van der Waals surface area contributed by atoms with Crippen LogP contribution in [0.4, 0.5) is 0 Å². The Hall–Kier alpha value is -1.65. The third-order valence-corrected chi connectivity index (χ3v) is 6.23. The van der Waals surface area contributed by atoms with E-state index in [1.54, 1.807) is 12.1 Å². The van der Waals surface area contributed by atoms with Gasteiger partial charge in [-0.15, -0.1) is 13.2 Å². The summed E-state index contributed by atoms with van der Waals surface area (Å²) in [6.07, 6.45) is 0.550. The van der Waals surface area contributed by atoms with Crippen LogP contribution < -0.4 is 5.19 Å². The lowest BCUT2D eigenvalue weighted by Gasteiger charge is -2.18. The minimum absolute atomic E-state index is 0.293. The first-order valence-electron chi connectivity index (χ1n) is 6.08. The molecule has 0 amide bonds. The van der Waals surface area contributed by atoms with Gasteiger partial charge in [0.1, 0.15) is 8.07 Å². The maximum atomic E-state index is 11.6. The third-order valence-electron chi connectivity index (χ3n) is 2.95. The molecule has 0 bridgehead atoms. The third kappa shape index (κ3) is 3.91. The van der Waals surface area contributed by atoms with Crippen molar-refractivity contribution < 1.29 is 14.6 Å². The monoisotopic (exact) mass is 275 g/mol. The highest BCUT2D eigenvalue weighted by Gasteiger charge is 2.22. The van der Waals surface area contributed by atoms with E-state index in [1.165, 1.54) is 0 Å². The molecular formula is C15H19O3Si. The van der Waals surface area contributed by atoms with Crippen molar-refractivity contribution >= 4 is 19.2 Å². The van der Waals surface area contributed by atoms with Gasteiger partial charge in [-0.3, -0.25) is 4.89 Å². The Balaban J connectivity index is 2.79. The normalized spacial score (nSPS) is 10.8. The second-order valence-corrected chi connectivity index (χ2v) is 8.27. The number of carbonyl (C=O) groups excluding carboxylic acids is 1. The first kappa shape index (κ1) is 15.4. The van der Waals surface area contributed by atoms with Crippen molar-refractivity contribution in [2.24, 2.45) is 0 Å². The highest BCUT2D eigenvalue weighted by atomic mass is 28.3. The summed E-state index contributed by atoms with van der Waals surface area (Å²) in [5.41, 5.74) is 4.35. The van der Waals surface area contributed by atoms with Gasteiger partial charge in [-0.1, -0.05) is 42.2 Å². The summed E-state index contributed by atoms with van der Waals surface area (Å²) >= 11 is 0. The number of carbonyl (C=O) groups is 1. The number of rotatable bonds is 7. The van der Waals surface area contributed by atoms with E-state index in [0.717, 1.165) is 5.19 Å². The highest BCUT2D eigenvalue weighted by molar-refractivity contribution is 6.98. The van der Waals surface area contributed by atoms with Gasteiger partial charge < -0.3 is 0 Å². The fourth-order valence-corrected chi connectivity index (χ4v) is 3.01. The molecule has 0 saturated carbocycles. The lowest BCUT2D eigenvalue weighted by atomic mass is 10.2. The Labute approximate surface area is 115 Å². The van der Waals surface area contributed by atoms with Gasteiger partial charge >= 0.3 is 5.97 Å². The molecule has 1 aromatic rings. The van der Waals surface area contributed by atoms with Crippen LogP contribution in [-0.4, -0.2) is 20.7 Å². The number of hydrogen-bond donors (Lipinski definition) is 0. The zero-order valence-corrected chi connectivity index (χ0v) is 12.2. The van der Waals surface area contributed by atoms with Crippen LogP contribution in [0.3, 0.4) is 0 Å². The topological polar surface area (TPSA) is 35.5 Å². The van der Waals surface area contributed by atoms with Crippen LogP contribution in [0.15, 0.2) is 48.8 Å². The molecule has 0 heterocycles. The van der Waals surface area contributed by atoms with Crippen LogP contribution in [0, 0.1) is 6.92 Å². The van der Waals surface area contributed by atoms with E-state index in [-0.39, 0.29) is 0 Å². The molecule has 3 nitrogen and oxygen atoms in total. The predicted octanol–water partition coefficient (Wildman–Crippen LogP) is 2.74. The molecule has 1 aromatic carbocycles. The summed E-state index contributed by atoms with van der Waals surface area (Å²) in [6.45, 7) is 13.7. The van der Waals surface area contributed by atoms with Crippen molar-refractivity contribution in [2.75, 3.05) is 6.61 Å². The van der Waals surface area contributed by atoms with Gasteiger partial charge in [0.05, 0.1) is 12.2 Å². The molecule has 0 atom stereocenters. The van der Waals surface area contributed by atoms with E-state index in [4.69, 9.17) is 4.89 Å². The molecule has 101 valence electrons. The summed E-state index contributed by atoms with van der Waals surface area (Å²) in [5, 5.41) is 1.15. The van der Waals surface area contributed by atoms with Crippen molar-refractivity contribution in [3.05, 3.63) is 61.3 Å². The molecule has 0 fully saturated rings. The Kier molecular flexibility index (Phi) is 5.73. The van der Waals surface area contributed by atoms with Crippen molar-refractivity contribution in [2.45, 2.75) is 13.0 Å². The molecule has 1 rings (SSSR count). The molecular weight excluding hydrogens is 256 g/mol. The van der Waals surface area contributed by atoms with Gasteiger partial charge in [0.25, 0.3) is 0 Å². The Bertz CT molecular complexity index is 443. The lowest BCUT2D eigenvalue weighted by molar-refractivity contribution is -0.239. The molecule has 4 heteroatoms. The zero-order chi connectivity index (χ0) is 14.3. The Morgan fingerprint density at radius 2 is 1.84 bits per heavy atom. The first-order valence-corrected chi connectivity index (χ1v) is 8.73. The molecule has 1 radical (unpaired) electrons. The Morgan fingerprint density at radius 3 is 2.32 bits per heavy atom. The van der Waals surface area contributed by atoms with E-state index in [0.29, 0.717) is 18.6 Å². The van der Waals surface area contributed by atoms with Crippen LogP contribution in [0.25, 0.3) is 0 Å². The van der Waals surface area contributed by atoms with Gasteiger partial charge in [0.15, 0.2) is 0 Å². The van der Waals surface area contributed by atoms with Crippen molar-refractivity contribution in [1.29, 1.82) is 0 Å². The van der Waals surface area contributed by atoms with Gasteiger partial charge in [-0.2, -0.15) is 4.89 Å². The minimum Gasteiger partial charge on any atom is -0.293 e. The second kappa shape index (κ2) is 7.06. The fraction of sp³-hybridized carbons (Fsp3) is 0.200. The van der Waals surface area contributed by atoms with Crippen molar-refractivity contribution in [1.82, 2.24) is 0 Å². The van der Waals surface area contributed by atoms with E-state index in [9.17, 15) is 4.79 Å². The summed E-state index contributed by atoms with van der Waals surface area (Å²) in [6, 6.07) is 7.27. The minimum atomic E-state index is -1.83. The number of hydrogen-bond acceptors (Lipinski definition) is 3. The van der Waals surface area contributed by atoms with Gasteiger partial charge in [0.2, 0.25) is 0 Å². The summed E-state index contributed by atoms with van der Waals surface area (Å²) in [4.78, 5) is 21.0. The SMILES string of the molecule is [CH2]CCOOC(=O)c1ccc([Si](C)(C=C)C=C)cc1. The summed E-state index contributed by atoms with van der Waals surface area (Å²) in [7, 11) is -1.83. The average molecular weight is 275 g/mol. The van der Waals surface area contributed by atoms with E-state index < -0.39 is 14.0 Å². The number of benzene rings is 1. The fourth-order valence-electron chi connectivity index (χ4n) is 1.49. The molecule has 0 N–H and O–H groups in total. The lowest BCUT2D eigenvalue weighted by Crippen LogP contribution is -2.40. The van der Waals surface area contributed by atoms with E-state index in [1.807, 2.05) is 23.5 Å². The molecule has 0 aliphatic heterocycles. The zero-order valence-electron chi connectivity index (χ0n) is 11.2. The first-order chi connectivity index (χ1) is 9.07. The smallest absolute Gasteiger partial charge is 0.293 e. The van der Waals surface area contributed by atoms with Gasteiger partial charge in [-0.25, -0.2) is 4.79 Å². The largest absolute Gasteiger partial charge is 0.373 e.